The smallest absolute Gasteiger partial charge is 0.330 e. The number of phenolic OH excluding ortho intramolecular Hbond substituents is 1. The van der Waals surface area contributed by atoms with Crippen molar-refractivity contribution in [3.8, 4) is 11.5 Å². The van der Waals surface area contributed by atoms with E-state index in [0.29, 0.717) is 25.3 Å². The Balaban J connectivity index is 1.22. The van der Waals surface area contributed by atoms with Gasteiger partial charge in [0, 0.05) is 37.4 Å². The maximum Gasteiger partial charge on any atom is 0.330 e. The van der Waals surface area contributed by atoms with Gasteiger partial charge in [0.1, 0.15) is 11.3 Å². The van der Waals surface area contributed by atoms with Crippen LogP contribution in [-0.2, 0) is 34.3 Å². The molecule has 40 heavy (non-hydrogen) atoms. The van der Waals surface area contributed by atoms with E-state index >= 15 is 0 Å². The number of piperidine rings is 1. The van der Waals surface area contributed by atoms with E-state index in [0.717, 1.165) is 28.8 Å². The van der Waals surface area contributed by atoms with E-state index in [1.54, 1.807) is 6.07 Å². The number of carboxylic acids is 1. The molecule has 2 aromatic carbocycles. The van der Waals surface area contributed by atoms with E-state index < -0.39 is 34.5 Å². The van der Waals surface area contributed by atoms with Crippen molar-refractivity contribution in [2.75, 3.05) is 13.1 Å². The van der Waals surface area contributed by atoms with Crippen LogP contribution < -0.4 is 10.1 Å². The molecule has 208 valence electrons. The molecule has 2 aromatic rings. The van der Waals surface area contributed by atoms with E-state index in [1.165, 1.54) is 12.8 Å². The normalized spacial score (nSPS) is 32.7. The highest BCUT2D eigenvalue weighted by Crippen LogP contribution is 2.66. The molecule has 4 atom stereocenters. The number of rotatable bonds is 5. The quantitative estimate of drug-likeness (QED) is 0.386. The number of carbonyl (C=O) groups is 2. The molecule has 1 spiro atoms. The highest BCUT2D eigenvalue weighted by Gasteiger charge is 2.73. The first-order chi connectivity index (χ1) is 19.2. The Morgan fingerprint density at radius 2 is 1.75 bits per heavy atom. The largest absolute Gasteiger partial charge is 0.508 e. The minimum atomic E-state index is -1.56. The zero-order chi connectivity index (χ0) is 27.6. The number of carboxylic acid groups (broad SMARTS) is 1. The number of phenols is 1. The van der Waals surface area contributed by atoms with Crippen LogP contribution in [-0.4, -0.2) is 73.6 Å². The van der Waals surface area contributed by atoms with Gasteiger partial charge in [0.2, 0.25) is 0 Å². The second-order valence-electron chi connectivity index (χ2n) is 12.8. The van der Waals surface area contributed by atoms with Crippen LogP contribution in [0.25, 0.3) is 0 Å². The molecule has 0 radical (unpaired) electrons. The van der Waals surface area contributed by atoms with Crippen molar-refractivity contribution in [1.29, 1.82) is 0 Å². The van der Waals surface area contributed by atoms with Crippen LogP contribution >= 0.6 is 0 Å². The first-order valence-electron chi connectivity index (χ1n) is 14.2. The Labute approximate surface area is 231 Å². The number of aliphatic carboxylic acids is 1. The number of nitrogens with zero attached hydrogens (tertiary/aromatic N) is 1. The summed E-state index contributed by atoms with van der Waals surface area (Å²) in [6.07, 6.45) is 2.46. The number of fused-ring (bicyclic) bond motifs is 1. The van der Waals surface area contributed by atoms with Gasteiger partial charge in [-0.2, -0.15) is 0 Å². The monoisotopic (exact) mass is 544 g/mol. The topological polar surface area (TPSA) is 140 Å². The Bertz CT molecular complexity index is 1500. The first kappa shape index (κ1) is 24.3. The molecule has 2 heterocycles. The van der Waals surface area contributed by atoms with Crippen LogP contribution in [0.2, 0.25) is 0 Å². The third-order valence-electron chi connectivity index (χ3n) is 10.7. The van der Waals surface area contributed by atoms with Crippen LogP contribution in [0.1, 0.15) is 47.9 Å². The number of carbonyl (C=O) groups excluding carboxylic acids is 1. The molecule has 8 rings (SSSR count). The van der Waals surface area contributed by atoms with Crippen molar-refractivity contribution in [1.82, 2.24) is 10.2 Å². The number of aliphatic hydroxyl groups excluding tert-OH is 1. The minimum Gasteiger partial charge on any atom is -0.508 e. The molecule has 9 nitrogen and oxygen atoms in total. The number of aromatic hydroxyl groups is 1. The van der Waals surface area contributed by atoms with Crippen molar-refractivity contribution in [3.63, 3.8) is 0 Å². The third kappa shape index (κ3) is 2.94. The second-order valence-corrected chi connectivity index (χ2v) is 12.8. The molecule has 1 saturated carbocycles. The summed E-state index contributed by atoms with van der Waals surface area (Å²) in [4.78, 5) is 28.8. The molecule has 2 aliphatic heterocycles. The first-order valence-corrected chi connectivity index (χ1v) is 14.2. The molecule has 0 aromatic heterocycles. The van der Waals surface area contributed by atoms with Crippen molar-refractivity contribution in [3.05, 3.63) is 70.0 Å². The summed E-state index contributed by atoms with van der Waals surface area (Å²) in [5.41, 5.74) is -0.627. The predicted octanol–water partition coefficient (Wildman–Crippen LogP) is 2.12. The van der Waals surface area contributed by atoms with Gasteiger partial charge in [0.05, 0.1) is 16.6 Å². The number of amides is 1. The lowest BCUT2D eigenvalue weighted by Crippen LogP contribution is -2.76. The number of nitrogens with one attached hydrogen (secondary N) is 1. The van der Waals surface area contributed by atoms with Crippen molar-refractivity contribution < 1.29 is 34.8 Å². The minimum absolute atomic E-state index is 0.0475. The van der Waals surface area contributed by atoms with E-state index in [1.807, 2.05) is 30.3 Å². The SMILES string of the molecule is O=C(NC1(C(=O)O)Cc2ccccc2C1)C1=C(O)[C@@H]2Oc3c(O)ccc4c3[C@@]23CCN(CC2CC2)[C@H](C4)[C@]3(O)C1. The molecule has 6 aliphatic rings. The number of aliphatic hydroxyl groups is 2. The summed E-state index contributed by atoms with van der Waals surface area (Å²) in [5, 5.41) is 48.2. The molecule has 2 bridgehead atoms. The highest BCUT2D eigenvalue weighted by molar-refractivity contribution is 5.99. The molecule has 4 aliphatic carbocycles. The van der Waals surface area contributed by atoms with Crippen molar-refractivity contribution >= 4 is 11.9 Å². The lowest BCUT2D eigenvalue weighted by molar-refractivity contribution is -0.173. The number of ether oxygens (including phenoxy) is 1. The highest BCUT2D eigenvalue weighted by atomic mass is 16.5. The Morgan fingerprint density at radius 3 is 2.42 bits per heavy atom. The average Bonchev–Trinajstić information content (AvgIpc) is 3.54. The van der Waals surface area contributed by atoms with Gasteiger partial charge >= 0.3 is 5.97 Å². The molecule has 1 saturated heterocycles. The van der Waals surface area contributed by atoms with Crippen molar-refractivity contribution in [2.45, 2.75) is 73.6 Å². The molecule has 2 fully saturated rings. The van der Waals surface area contributed by atoms with Gasteiger partial charge in [0.25, 0.3) is 5.91 Å². The summed E-state index contributed by atoms with van der Waals surface area (Å²) < 4.78 is 6.26. The summed E-state index contributed by atoms with van der Waals surface area (Å²) >= 11 is 0. The lowest BCUT2D eigenvalue weighted by atomic mass is 9.49. The van der Waals surface area contributed by atoms with Gasteiger partial charge in [-0.3, -0.25) is 9.69 Å². The summed E-state index contributed by atoms with van der Waals surface area (Å²) in [6.45, 7) is 1.58. The summed E-state index contributed by atoms with van der Waals surface area (Å²) in [7, 11) is 0. The molecular weight excluding hydrogens is 512 g/mol. The second kappa shape index (κ2) is 7.79. The lowest BCUT2D eigenvalue weighted by Gasteiger charge is -2.62. The zero-order valence-electron chi connectivity index (χ0n) is 22.0. The maximum atomic E-state index is 13.9. The third-order valence-corrected chi connectivity index (χ3v) is 10.7. The molecular formula is C31H32N2O7. The number of benzene rings is 2. The van der Waals surface area contributed by atoms with Gasteiger partial charge < -0.3 is 30.5 Å². The van der Waals surface area contributed by atoms with Crippen LogP contribution in [0, 0.1) is 5.92 Å². The summed E-state index contributed by atoms with van der Waals surface area (Å²) in [5.74, 6) is -1.35. The van der Waals surface area contributed by atoms with Gasteiger partial charge in [-0.05, 0) is 60.9 Å². The fourth-order valence-electron chi connectivity index (χ4n) is 8.57. The van der Waals surface area contributed by atoms with Crippen molar-refractivity contribution in [2.24, 2.45) is 5.92 Å². The Kier molecular flexibility index (Phi) is 4.73. The summed E-state index contributed by atoms with van der Waals surface area (Å²) in [6, 6.07) is 10.6. The molecule has 1 amide bonds. The predicted molar refractivity (Wildman–Crippen MR) is 142 cm³/mol. The zero-order valence-corrected chi connectivity index (χ0v) is 22.0. The number of likely N-dealkylation sites (tertiary alicyclic amines) is 1. The Hall–Kier alpha value is -3.56. The van der Waals surface area contributed by atoms with E-state index in [4.69, 9.17) is 4.74 Å². The van der Waals surface area contributed by atoms with Crippen LogP contribution in [0.3, 0.4) is 0 Å². The van der Waals surface area contributed by atoms with E-state index in [2.05, 4.69) is 10.2 Å². The van der Waals surface area contributed by atoms with Crippen LogP contribution in [0.4, 0.5) is 0 Å². The fraction of sp³-hybridized carbons (Fsp3) is 0.484. The van der Waals surface area contributed by atoms with Gasteiger partial charge in [0.15, 0.2) is 17.6 Å². The van der Waals surface area contributed by atoms with Gasteiger partial charge in [-0.15, -0.1) is 0 Å². The molecule has 5 N–H and O–H groups in total. The van der Waals surface area contributed by atoms with Gasteiger partial charge in [-0.25, -0.2) is 4.79 Å². The van der Waals surface area contributed by atoms with E-state index in [9.17, 15) is 30.0 Å². The van der Waals surface area contributed by atoms with Gasteiger partial charge in [-0.1, -0.05) is 30.3 Å². The fourth-order valence-corrected chi connectivity index (χ4v) is 8.57. The molecule has 0 unspecified atom stereocenters. The number of hydrogen-bond acceptors (Lipinski definition) is 7. The Morgan fingerprint density at radius 1 is 1.02 bits per heavy atom. The van der Waals surface area contributed by atoms with Crippen LogP contribution in [0.15, 0.2) is 47.7 Å². The average molecular weight is 545 g/mol. The standard InChI is InChI=1S/C31H32N2O7/c34-21-8-7-17-11-22-31(39)14-20(27(36)32-29(28(37)38)12-18-3-1-2-4-19(18)13-29)24(35)26-30(31,23(17)25(21)40-26)9-10-33(22)15-16-5-6-16/h1-4,7-8,16,22,26,34-35,39H,5-6,9-15H2,(H,32,36)(H,37,38)/t22-,26+,30+,31-/m1/s1. The molecule has 9 heteroatoms. The maximum absolute atomic E-state index is 13.9. The van der Waals surface area contributed by atoms with E-state index in [-0.39, 0.29) is 48.1 Å². The van der Waals surface area contributed by atoms with Crippen LogP contribution in [0.5, 0.6) is 11.5 Å². The number of hydrogen-bond donors (Lipinski definition) is 5.